The van der Waals surface area contributed by atoms with Crippen molar-refractivity contribution in [2.24, 2.45) is 0 Å². The lowest BCUT2D eigenvalue weighted by atomic mass is 10.1. The molecule has 0 radical (unpaired) electrons. The zero-order chi connectivity index (χ0) is 18.7. The number of amides is 2. The van der Waals surface area contributed by atoms with E-state index in [1.54, 1.807) is 12.4 Å². The quantitative estimate of drug-likeness (QED) is 0.879. The van der Waals surface area contributed by atoms with Gasteiger partial charge in [-0.25, -0.2) is 0 Å². The van der Waals surface area contributed by atoms with Gasteiger partial charge < -0.3 is 10.2 Å². The number of aromatic nitrogens is 4. The largest absolute Gasteiger partial charge is 0.351 e. The Labute approximate surface area is 152 Å². The molecule has 3 heterocycles. The number of carbonyl (C=O) groups is 2. The van der Waals surface area contributed by atoms with Crippen molar-refractivity contribution in [2.75, 3.05) is 6.54 Å². The van der Waals surface area contributed by atoms with Crippen molar-refractivity contribution in [3.63, 3.8) is 0 Å². The first-order chi connectivity index (χ1) is 12.5. The van der Waals surface area contributed by atoms with Gasteiger partial charge in [-0.1, -0.05) is 0 Å². The van der Waals surface area contributed by atoms with Crippen LogP contribution in [0.25, 0.3) is 0 Å². The molecule has 0 aliphatic carbocycles. The van der Waals surface area contributed by atoms with E-state index in [4.69, 9.17) is 0 Å². The Morgan fingerprint density at radius 2 is 2.15 bits per heavy atom. The zero-order valence-electron chi connectivity index (χ0n) is 15.4. The van der Waals surface area contributed by atoms with Gasteiger partial charge in [-0.2, -0.15) is 5.10 Å². The van der Waals surface area contributed by atoms with Gasteiger partial charge in [0, 0.05) is 25.7 Å². The van der Waals surface area contributed by atoms with Gasteiger partial charge in [0.25, 0.3) is 5.91 Å². The summed E-state index contributed by atoms with van der Waals surface area (Å²) in [6.07, 6.45) is 5.09. The number of hydrogen-bond donors (Lipinski definition) is 1. The Balaban J connectivity index is 1.80. The predicted octanol–water partition coefficient (Wildman–Crippen LogP) is 1.61. The number of nitrogens with one attached hydrogen (secondary N) is 1. The third-order valence-electron chi connectivity index (χ3n) is 4.58. The Hall–Kier alpha value is -2.77. The van der Waals surface area contributed by atoms with Gasteiger partial charge in [-0.15, -0.1) is 0 Å². The van der Waals surface area contributed by atoms with E-state index in [0.717, 1.165) is 30.8 Å². The lowest BCUT2D eigenvalue weighted by Gasteiger charge is -2.23. The summed E-state index contributed by atoms with van der Waals surface area (Å²) in [4.78, 5) is 34.7. The van der Waals surface area contributed by atoms with Crippen LogP contribution in [0.4, 0.5) is 0 Å². The van der Waals surface area contributed by atoms with Gasteiger partial charge in [0.15, 0.2) is 5.69 Å². The van der Waals surface area contributed by atoms with Gasteiger partial charge in [0.05, 0.1) is 36.4 Å². The maximum Gasteiger partial charge on any atom is 0.274 e. The molecule has 1 N–H and O–H groups in total. The molecule has 1 aliphatic rings. The van der Waals surface area contributed by atoms with Crippen LogP contribution >= 0.6 is 0 Å². The Morgan fingerprint density at radius 3 is 2.85 bits per heavy atom. The van der Waals surface area contributed by atoms with Crippen LogP contribution in [-0.4, -0.2) is 43.0 Å². The van der Waals surface area contributed by atoms with Crippen LogP contribution in [0.2, 0.25) is 0 Å². The highest BCUT2D eigenvalue weighted by Gasteiger charge is 2.33. The minimum absolute atomic E-state index is 0.0723. The van der Waals surface area contributed by atoms with Crippen LogP contribution in [0.3, 0.4) is 0 Å². The fraction of sp³-hybridized carbons (Fsp3) is 0.500. The lowest BCUT2D eigenvalue weighted by molar-refractivity contribution is -0.119. The lowest BCUT2D eigenvalue weighted by Crippen LogP contribution is -2.31. The Bertz CT molecular complexity index is 816. The van der Waals surface area contributed by atoms with E-state index in [1.165, 1.54) is 6.92 Å². The van der Waals surface area contributed by atoms with Gasteiger partial charge >= 0.3 is 0 Å². The average Bonchev–Trinajstić information content (AvgIpc) is 3.26. The summed E-state index contributed by atoms with van der Waals surface area (Å²) < 4.78 is 1.83. The third kappa shape index (κ3) is 3.74. The minimum Gasteiger partial charge on any atom is -0.351 e. The molecule has 1 saturated heterocycles. The molecule has 8 nitrogen and oxygen atoms in total. The maximum atomic E-state index is 13.0. The number of nitrogens with zero attached hydrogens (tertiary/aromatic N) is 5. The van der Waals surface area contributed by atoms with Crippen molar-refractivity contribution in [1.82, 2.24) is 30.0 Å². The summed E-state index contributed by atoms with van der Waals surface area (Å²) in [7, 11) is 0. The van der Waals surface area contributed by atoms with Crippen LogP contribution in [0.1, 0.15) is 60.3 Å². The minimum atomic E-state index is -0.114. The summed E-state index contributed by atoms with van der Waals surface area (Å²) in [5.74, 6) is -0.186. The van der Waals surface area contributed by atoms with E-state index < -0.39 is 0 Å². The second kappa shape index (κ2) is 7.63. The zero-order valence-corrected chi connectivity index (χ0v) is 15.4. The van der Waals surface area contributed by atoms with Gasteiger partial charge in [-0.3, -0.25) is 24.2 Å². The standard InChI is InChI=1S/C18H24N6O2/c1-4-24-12(2)8-15(22-24)18(26)23-7-5-6-17(23)16-11-19-9-14(21-16)10-20-13(3)25/h8-9,11,17H,4-7,10H2,1-3H3,(H,20,25). The highest BCUT2D eigenvalue weighted by Crippen LogP contribution is 2.31. The normalized spacial score (nSPS) is 16.7. The van der Waals surface area contributed by atoms with Crippen molar-refractivity contribution >= 4 is 11.8 Å². The monoisotopic (exact) mass is 356 g/mol. The summed E-state index contributed by atoms with van der Waals surface area (Å²) in [5.41, 5.74) is 2.88. The van der Waals surface area contributed by atoms with E-state index in [0.29, 0.717) is 24.5 Å². The van der Waals surface area contributed by atoms with Crippen LogP contribution in [0.5, 0.6) is 0 Å². The number of likely N-dealkylation sites (tertiary alicyclic amines) is 1. The SMILES string of the molecule is CCn1nc(C(=O)N2CCCC2c2cncc(CNC(C)=O)n2)cc1C. The van der Waals surface area contributed by atoms with Crippen molar-refractivity contribution in [2.45, 2.75) is 52.7 Å². The first-order valence-corrected chi connectivity index (χ1v) is 8.90. The molecule has 1 fully saturated rings. The molecule has 26 heavy (non-hydrogen) atoms. The number of aryl methyl sites for hydroxylation is 2. The number of hydrogen-bond acceptors (Lipinski definition) is 5. The molecule has 0 bridgehead atoms. The smallest absolute Gasteiger partial charge is 0.274 e. The van der Waals surface area contributed by atoms with E-state index in [2.05, 4.69) is 20.4 Å². The second-order valence-corrected chi connectivity index (χ2v) is 6.49. The molecule has 2 aromatic heterocycles. The van der Waals surface area contributed by atoms with Gasteiger partial charge in [0.1, 0.15) is 0 Å². The molecule has 0 spiro atoms. The molecular weight excluding hydrogens is 332 g/mol. The third-order valence-corrected chi connectivity index (χ3v) is 4.58. The molecular formula is C18H24N6O2. The first kappa shape index (κ1) is 18.0. The van der Waals surface area contributed by atoms with Crippen LogP contribution < -0.4 is 5.32 Å². The Morgan fingerprint density at radius 1 is 1.35 bits per heavy atom. The number of carbonyl (C=O) groups excluding carboxylic acids is 2. The van der Waals surface area contributed by atoms with Crippen molar-refractivity contribution < 1.29 is 9.59 Å². The van der Waals surface area contributed by atoms with E-state index in [1.807, 2.05) is 29.5 Å². The van der Waals surface area contributed by atoms with E-state index in [-0.39, 0.29) is 17.9 Å². The van der Waals surface area contributed by atoms with Crippen LogP contribution in [0, 0.1) is 6.92 Å². The highest BCUT2D eigenvalue weighted by molar-refractivity contribution is 5.92. The molecule has 3 rings (SSSR count). The second-order valence-electron chi connectivity index (χ2n) is 6.49. The first-order valence-electron chi connectivity index (χ1n) is 8.90. The highest BCUT2D eigenvalue weighted by atomic mass is 16.2. The van der Waals surface area contributed by atoms with Crippen molar-refractivity contribution in [3.05, 3.63) is 41.2 Å². The maximum absolute atomic E-state index is 13.0. The summed E-state index contributed by atoms with van der Waals surface area (Å²) in [6.45, 7) is 7.16. The summed E-state index contributed by atoms with van der Waals surface area (Å²) in [5, 5.41) is 7.13. The van der Waals surface area contributed by atoms with E-state index in [9.17, 15) is 9.59 Å². The van der Waals surface area contributed by atoms with Gasteiger partial charge in [0.2, 0.25) is 5.91 Å². The van der Waals surface area contributed by atoms with Crippen molar-refractivity contribution in [3.8, 4) is 0 Å². The Kier molecular flexibility index (Phi) is 5.29. The molecule has 1 unspecified atom stereocenters. The molecule has 8 heteroatoms. The summed E-state index contributed by atoms with van der Waals surface area (Å²) >= 11 is 0. The molecule has 2 amide bonds. The molecule has 1 aliphatic heterocycles. The topological polar surface area (TPSA) is 93.0 Å². The molecule has 2 aromatic rings. The van der Waals surface area contributed by atoms with Crippen LogP contribution in [-0.2, 0) is 17.9 Å². The summed E-state index contributed by atoms with van der Waals surface area (Å²) in [6, 6.07) is 1.72. The predicted molar refractivity (Wildman–Crippen MR) is 95.2 cm³/mol. The van der Waals surface area contributed by atoms with Crippen molar-refractivity contribution in [1.29, 1.82) is 0 Å². The fourth-order valence-electron chi connectivity index (χ4n) is 3.28. The molecule has 138 valence electrons. The number of rotatable bonds is 5. The van der Waals surface area contributed by atoms with Gasteiger partial charge in [-0.05, 0) is 32.8 Å². The van der Waals surface area contributed by atoms with Crippen LogP contribution in [0.15, 0.2) is 18.5 Å². The molecule has 1 atom stereocenters. The van der Waals surface area contributed by atoms with E-state index >= 15 is 0 Å². The fourth-order valence-corrected chi connectivity index (χ4v) is 3.28. The molecule has 0 saturated carbocycles. The average molecular weight is 356 g/mol. The molecule has 0 aromatic carbocycles.